The average molecular weight is 500 g/mol. The molecule has 3 aromatic heterocycles. The molecule has 0 aliphatic heterocycles. The molecule has 3 aromatic rings. The summed E-state index contributed by atoms with van der Waals surface area (Å²) in [6, 6.07) is 2.89. The summed E-state index contributed by atoms with van der Waals surface area (Å²) < 4.78 is 44.2. The van der Waals surface area contributed by atoms with Crippen LogP contribution >= 0.6 is 11.6 Å². The Kier molecular flexibility index (Phi) is 6.52. The van der Waals surface area contributed by atoms with E-state index in [0.29, 0.717) is 23.1 Å². The lowest BCUT2D eigenvalue weighted by Gasteiger charge is -2.22. The normalized spacial score (nSPS) is 22.9. The van der Waals surface area contributed by atoms with Crippen molar-refractivity contribution in [2.24, 2.45) is 17.8 Å². The second-order valence-corrected chi connectivity index (χ2v) is 9.19. The molecular formula is C22H25ClF3N5O3. The van der Waals surface area contributed by atoms with Crippen LogP contribution in [-0.4, -0.2) is 45.4 Å². The van der Waals surface area contributed by atoms with Crippen molar-refractivity contribution in [3.8, 4) is 11.3 Å². The first-order chi connectivity index (χ1) is 16.0. The first kappa shape index (κ1) is 24.3. The molecule has 34 heavy (non-hydrogen) atoms. The summed E-state index contributed by atoms with van der Waals surface area (Å²) in [4.78, 5) is 22.8. The number of alkyl halides is 3. The van der Waals surface area contributed by atoms with E-state index in [1.54, 1.807) is 13.0 Å². The zero-order valence-electron chi connectivity index (χ0n) is 18.8. The number of halogens is 4. The van der Waals surface area contributed by atoms with Crippen molar-refractivity contribution in [3.63, 3.8) is 0 Å². The van der Waals surface area contributed by atoms with Gasteiger partial charge in [-0.05, 0) is 37.2 Å². The number of aromatic amines is 1. The van der Waals surface area contributed by atoms with Gasteiger partial charge in [0, 0.05) is 24.1 Å². The Hall–Kier alpha value is -2.79. The number of hydrogen-bond donors (Lipinski definition) is 4. The molecule has 1 aliphatic rings. The number of aromatic nitrogens is 3. The van der Waals surface area contributed by atoms with Gasteiger partial charge in [0.05, 0.1) is 11.3 Å². The van der Waals surface area contributed by atoms with Crippen LogP contribution in [0.4, 0.5) is 24.9 Å². The summed E-state index contributed by atoms with van der Waals surface area (Å²) in [5, 5.41) is 15.6. The molecule has 4 atom stereocenters. The second-order valence-electron chi connectivity index (χ2n) is 8.83. The highest BCUT2D eigenvalue weighted by Gasteiger charge is 2.38. The lowest BCUT2D eigenvalue weighted by atomic mass is 9.92. The molecule has 1 aliphatic carbocycles. The molecule has 0 saturated heterocycles. The van der Waals surface area contributed by atoms with E-state index in [9.17, 15) is 23.1 Å². The lowest BCUT2D eigenvalue weighted by molar-refractivity contribution is -0.115. The summed E-state index contributed by atoms with van der Waals surface area (Å²) >= 11 is 6.44. The lowest BCUT2D eigenvalue weighted by Crippen LogP contribution is -2.26. The molecule has 3 heterocycles. The van der Waals surface area contributed by atoms with Crippen LogP contribution in [0.15, 0.2) is 21.3 Å². The summed E-state index contributed by atoms with van der Waals surface area (Å²) in [5.74, 6) is 0.649. The third kappa shape index (κ3) is 4.85. The van der Waals surface area contributed by atoms with Crippen LogP contribution in [0, 0.1) is 24.7 Å². The van der Waals surface area contributed by atoms with Crippen LogP contribution < -0.4 is 16.2 Å². The minimum absolute atomic E-state index is 0.0380. The zero-order chi connectivity index (χ0) is 24.8. The third-order valence-electron chi connectivity index (χ3n) is 6.58. The van der Waals surface area contributed by atoms with E-state index in [-0.39, 0.29) is 64.2 Å². The smallest absolute Gasteiger partial charge is 0.405 e. The molecule has 8 nitrogen and oxygen atoms in total. The fourth-order valence-corrected chi connectivity index (χ4v) is 4.78. The third-order valence-corrected chi connectivity index (χ3v) is 6.85. The van der Waals surface area contributed by atoms with Crippen molar-refractivity contribution in [1.29, 1.82) is 0 Å². The number of H-pyrrole nitrogens is 1. The first-order valence-corrected chi connectivity index (χ1v) is 11.2. The standard InChI is InChI=1S/C22H25ClF3N5O3/c1-9-10(2)14(4-13(9)7-32)29-20-17(19(23)30-21(31-20)27-8-22(24,25)26)15-5-12-6-16(33)28-11(3)18(12)34-15/h5-6,9-10,13-14,32H,4,7-8H2,1-3H3,(H,28,33)(H2,27,29,30,31)/t9-,10+,13+,14+/m0/s1. The molecule has 0 unspecified atom stereocenters. The number of anilines is 2. The minimum atomic E-state index is -4.46. The summed E-state index contributed by atoms with van der Waals surface area (Å²) in [6.07, 6.45) is -3.81. The number of aryl methyl sites for hydroxylation is 1. The average Bonchev–Trinajstić information content (AvgIpc) is 3.28. The number of nitrogens with zero attached hydrogens (tertiary/aromatic N) is 2. The van der Waals surface area contributed by atoms with Gasteiger partial charge in [0.15, 0.2) is 5.58 Å². The number of hydrogen-bond acceptors (Lipinski definition) is 7. The van der Waals surface area contributed by atoms with Crippen LogP contribution in [0.25, 0.3) is 22.3 Å². The topological polar surface area (TPSA) is 116 Å². The first-order valence-electron chi connectivity index (χ1n) is 10.9. The molecular weight excluding hydrogens is 475 g/mol. The van der Waals surface area contributed by atoms with E-state index in [4.69, 9.17) is 16.0 Å². The molecule has 0 aromatic carbocycles. The Bertz CT molecular complexity index is 1260. The molecule has 12 heteroatoms. The van der Waals surface area contributed by atoms with Gasteiger partial charge in [-0.25, -0.2) is 4.98 Å². The van der Waals surface area contributed by atoms with E-state index in [1.165, 1.54) is 6.07 Å². The Balaban J connectivity index is 1.79. The molecule has 184 valence electrons. The number of pyridine rings is 1. The molecule has 0 radical (unpaired) electrons. The predicted octanol–water partition coefficient (Wildman–Crippen LogP) is 4.58. The maximum Gasteiger partial charge on any atom is 0.405 e. The molecule has 0 amide bonds. The van der Waals surface area contributed by atoms with Crippen molar-refractivity contribution in [2.45, 2.75) is 39.4 Å². The number of nitrogens with one attached hydrogen (secondary N) is 3. The zero-order valence-corrected chi connectivity index (χ0v) is 19.5. The molecule has 4 N–H and O–H groups in total. The monoisotopic (exact) mass is 499 g/mol. The summed E-state index contributed by atoms with van der Waals surface area (Å²) in [6.45, 7) is 4.50. The van der Waals surface area contributed by atoms with Crippen molar-refractivity contribution in [3.05, 3.63) is 33.3 Å². The highest BCUT2D eigenvalue weighted by Crippen LogP contribution is 2.42. The van der Waals surface area contributed by atoms with Crippen LogP contribution in [0.1, 0.15) is 26.0 Å². The van der Waals surface area contributed by atoms with Gasteiger partial charge in [-0.1, -0.05) is 25.4 Å². The van der Waals surface area contributed by atoms with E-state index >= 15 is 0 Å². The van der Waals surface area contributed by atoms with Gasteiger partial charge in [-0.2, -0.15) is 18.2 Å². The van der Waals surface area contributed by atoms with E-state index < -0.39 is 12.7 Å². The molecule has 0 spiro atoms. The van der Waals surface area contributed by atoms with Gasteiger partial charge in [-0.3, -0.25) is 4.79 Å². The fourth-order valence-electron chi connectivity index (χ4n) is 4.52. The van der Waals surface area contributed by atoms with Gasteiger partial charge in [0.2, 0.25) is 11.5 Å². The van der Waals surface area contributed by atoms with E-state index in [2.05, 4.69) is 32.5 Å². The quantitative estimate of drug-likeness (QED) is 0.367. The van der Waals surface area contributed by atoms with Gasteiger partial charge >= 0.3 is 6.18 Å². The largest absolute Gasteiger partial charge is 0.454 e. The van der Waals surface area contributed by atoms with Gasteiger partial charge in [-0.15, -0.1) is 0 Å². The molecule has 4 rings (SSSR count). The Labute approximate surface area is 197 Å². The van der Waals surface area contributed by atoms with Crippen LogP contribution in [0.5, 0.6) is 0 Å². The Morgan fingerprint density at radius 3 is 2.65 bits per heavy atom. The number of aliphatic hydroxyl groups excluding tert-OH is 1. The van der Waals surface area contributed by atoms with Crippen molar-refractivity contribution in [1.82, 2.24) is 15.0 Å². The maximum absolute atomic E-state index is 12.7. The van der Waals surface area contributed by atoms with Crippen LogP contribution in [-0.2, 0) is 0 Å². The Morgan fingerprint density at radius 2 is 2.00 bits per heavy atom. The van der Waals surface area contributed by atoms with Crippen LogP contribution in [0.2, 0.25) is 5.15 Å². The van der Waals surface area contributed by atoms with Crippen LogP contribution in [0.3, 0.4) is 0 Å². The number of rotatable bonds is 6. The van der Waals surface area contributed by atoms with E-state index in [1.807, 2.05) is 6.92 Å². The molecule has 1 saturated carbocycles. The highest BCUT2D eigenvalue weighted by atomic mass is 35.5. The Morgan fingerprint density at radius 1 is 1.26 bits per heavy atom. The van der Waals surface area contributed by atoms with Crippen molar-refractivity contribution < 1.29 is 22.7 Å². The second kappa shape index (κ2) is 9.10. The fraction of sp³-hybridized carbons (Fsp3) is 0.500. The van der Waals surface area contributed by atoms with E-state index in [0.717, 1.165) is 0 Å². The molecule has 0 bridgehead atoms. The molecule has 1 fully saturated rings. The van der Waals surface area contributed by atoms with Gasteiger partial charge < -0.3 is 25.1 Å². The number of fused-ring (bicyclic) bond motifs is 1. The van der Waals surface area contributed by atoms with Gasteiger partial charge in [0.25, 0.3) is 0 Å². The summed E-state index contributed by atoms with van der Waals surface area (Å²) in [7, 11) is 0. The maximum atomic E-state index is 12.7. The van der Waals surface area contributed by atoms with Crippen molar-refractivity contribution >= 4 is 34.3 Å². The SMILES string of the molecule is Cc1[nH]c(=O)cc2cc(-c3c(Cl)nc(NCC(F)(F)F)nc3N[C@@H]3C[C@H](CO)[C@@H](C)[C@H]3C)oc12. The van der Waals surface area contributed by atoms with Crippen molar-refractivity contribution in [2.75, 3.05) is 23.8 Å². The minimum Gasteiger partial charge on any atom is -0.454 e. The number of furan rings is 1. The van der Waals surface area contributed by atoms with Gasteiger partial charge in [0.1, 0.15) is 23.3 Å². The number of aliphatic hydroxyl groups is 1. The highest BCUT2D eigenvalue weighted by molar-refractivity contribution is 6.32. The predicted molar refractivity (Wildman–Crippen MR) is 123 cm³/mol. The summed E-state index contributed by atoms with van der Waals surface area (Å²) in [5.41, 5.74) is 0.940.